The lowest BCUT2D eigenvalue weighted by Gasteiger charge is -1.98. The number of carbonyl (C=O) groups excluding carboxylic acids is 1. The molecule has 2 heterocycles. The highest BCUT2D eigenvalue weighted by atomic mass is 16.5. The Balaban J connectivity index is 1.88. The molecule has 0 bridgehead atoms. The summed E-state index contributed by atoms with van der Waals surface area (Å²) in [4.78, 5) is 15.0. The fourth-order valence-electron chi connectivity index (χ4n) is 2.55. The highest BCUT2D eigenvalue weighted by Gasteiger charge is 2.25. The van der Waals surface area contributed by atoms with Gasteiger partial charge in [-0.1, -0.05) is 36.4 Å². The molecule has 3 heteroatoms. The molecule has 0 spiro atoms. The van der Waals surface area contributed by atoms with Gasteiger partial charge in [-0.15, -0.1) is 0 Å². The van der Waals surface area contributed by atoms with Crippen molar-refractivity contribution in [1.82, 2.24) is 4.98 Å². The fraction of sp³-hybridized carbons (Fsp3) is 0. The van der Waals surface area contributed by atoms with Crippen molar-refractivity contribution in [2.24, 2.45) is 0 Å². The maximum absolute atomic E-state index is 11.8. The number of hydrogen-bond donors (Lipinski definition) is 1. The highest BCUT2D eigenvalue weighted by Crippen LogP contribution is 2.32. The molecule has 2 aromatic carbocycles. The molecule has 20 heavy (non-hydrogen) atoms. The zero-order valence-corrected chi connectivity index (χ0v) is 10.6. The number of cyclic esters (lactones) is 1. The van der Waals surface area contributed by atoms with Gasteiger partial charge >= 0.3 is 5.97 Å². The Bertz CT molecular complexity index is 858. The normalized spacial score (nSPS) is 15.6. The summed E-state index contributed by atoms with van der Waals surface area (Å²) in [5, 5.41) is 1.11. The van der Waals surface area contributed by atoms with Crippen LogP contribution >= 0.6 is 0 Å². The quantitative estimate of drug-likeness (QED) is 0.676. The van der Waals surface area contributed by atoms with Crippen molar-refractivity contribution >= 4 is 28.7 Å². The van der Waals surface area contributed by atoms with Crippen LogP contribution in [0.25, 0.3) is 22.7 Å². The summed E-state index contributed by atoms with van der Waals surface area (Å²) in [6, 6.07) is 15.5. The lowest BCUT2D eigenvalue weighted by atomic mass is 10.1. The van der Waals surface area contributed by atoms with E-state index in [0.29, 0.717) is 11.3 Å². The van der Waals surface area contributed by atoms with Gasteiger partial charge in [0.1, 0.15) is 5.76 Å². The number of benzene rings is 2. The van der Waals surface area contributed by atoms with Crippen molar-refractivity contribution < 1.29 is 9.53 Å². The number of nitrogens with one attached hydrogen (secondary N) is 1. The fourth-order valence-corrected chi connectivity index (χ4v) is 2.55. The van der Waals surface area contributed by atoms with E-state index in [1.165, 1.54) is 0 Å². The van der Waals surface area contributed by atoms with E-state index in [9.17, 15) is 4.79 Å². The van der Waals surface area contributed by atoms with Gasteiger partial charge in [0, 0.05) is 28.2 Å². The molecule has 96 valence electrons. The minimum Gasteiger partial charge on any atom is -0.422 e. The van der Waals surface area contributed by atoms with Crippen LogP contribution in [-0.2, 0) is 4.74 Å². The molecule has 3 aromatic rings. The molecule has 1 aliphatic heterocycles. The number of H-pyrrole nitrogens is 1. The van der Waals surface area contributed by atoms with Crippen LogP contribution in [-0.4, -0.2) is 11.0 Å². The predicted molar refractivity (Wildman–Crippen MR) is 78.0 cm³/mol. The number of aromatic amines is 1. The average molecular weight is 261 g/mol. The summed E-state index contributed by atoms with van der Waals surface area (Å²) in [7, 11) is 0. The van der Waals surface area contributed by atoms with Crippen molar-refractivity contribution in [1.29, 1.82) is 0 Å². The number of esters is 1. The van der Waals surface area contributed by atoms with Gasteiger partial charge in [0.05, 0.1) is 5.56 Å². The third-order valence-corrected chi connectivity index (χ3v) is 3.52. The molecule has 0 aliphatic carbocycles. The van der Waals surface area contributed by atoms with Crippen molar-refractivity contribution in [3.05, 3.63) is 71.4 Å². The maximum Gasteiger partial charge on any atom is 0.344 e. The first-order valence-corrected chi connectivity index (χ1v) is 6.42. The van der Waals surface area contributed by atoms with Crippen molar-refractivity contribution in [2.45, 2.75) is 0 Å². The van der Waals surface area contributed by atoms with E-state index in [2.05, 4.69) is 4.98 Å². The molecular formula is C17H11NO2. The van der Waals surface area contributed by atoms with Gasteiger partial charge in [-0.3, -0.25) is 0 Å². The van der Waals surface area contributed by atoms with Gasteiger partial charge < -0.3 is 9.72 Å². The third-order valence-electron chi connectivity index (χ3n) is 3.52. The van der Waals surface area contributed by atoms with Crippen LogP contribution in [0.15, 0.2) is 54.7 Å². The first-order chi connectivity index (χ1) is 9.83. The second-order valence-corrected chi connectivity index (χ2v) is 4.73. The second-order valence-electron chi connectivity index (χ2n) is 4.73. The van der Waals surface area contributed by atoms with Crippen LogP contribution in [0.3, 0.4) is 0 Å². The van der Waals surface area contributed by atoms with Crippen LogP contribution in [0.5, 0.6) is 0 Å². The summed E-state index contributed by atoms with van der Waals surface area (Å²) in [6.45, 7) is 0. The first kappa shape index (κ1) is 11.1. The summed E-state index contributed by atoms with van der Waals surface area (Å²) < 4.78 is 5.36. The number of rotatable bonds is 1. The van der Waals surface area contributed by atoms with E-state index >= 15 is 0 Å². The summed E-state index contributed by atoms with van der Waals surface area (Å²) in [5.74, 6) is 0.321. The summed E-state index contributed by atoms with van der Waals surface area (Å²) in [5.41, 5.74) is 3.55. The smallest absolute Gasteiger partial charge is 0.344 e. The molecule has 0 atom stereocenters. The maximum atomic E-state index is 11.8. The molecule has 0 fully saturated rings. The van der Waals surface area contributed by atoms with Gasteiger partial charge in [0.2, 0.25) is 0 Å². The van der Waals surface area contributed by atoms with E-state index < -0.39 is 0 Å². The Morgan fingerprint density at radius 2 is 1.70 bits per heavy atom. The molecule has 1 aliphatic rings. The molecule has 0 saturated carbocycles. The molecule has 1 N–H and O–H groups in total. The molecular weight excluding hydrogens is 250 g/mol. The molecule has 0 saturated heterocycles. The first-order valence-electron chi connectivity index (χ1n) is 6.42. The van der Waals surface area contributed by atoms with E-state index in [1.54, 1.807) is 6.07 Å². The van der Waals surface area contributed by atoms with Crippen LogP contribution in [0.2, 0.25) is 0 Å². The van der Waals surface area contributed by atoms with Gasteiger partial charge in [0.25, 0.3) is 0 Å². The van der Waals surface area contributed by atoms with Crippen molar-refractivity contribution in [3.8, 4) is 0 Å². The van der Waals surface area contributed by atoms with Crippen LogP contribution in [0.4, 0.5) is 0 Å². The Kier molecular flexibility index (Phi) is 2.27. The van der Waals surface area contributed by atoms with Crippen LogP contribution < -0.4 is 0 Å². The van der Waals surface area contributed by atoms with Crippen molar-refractivity contribution in [3.63, 3.8) is 0 Å². The van der Waals surface area contributed by atoms with E-state index in [0.717, 1.165) is 22.0 Å². The van der Waals surface area contributed by atoms with Crippen molar-refractivity contribution in [2.75, 3.05) is 0 Å². The number of aromatic nitrogens is 1. The molecule has 0 unspecified atom stereocenters. The topological polar surface area (TPSA) is 42.1 Å². The van der Waals surface area contributed by atoms with Crippen LogP contribution in [0.1, 0.15) is 21.5 Å². The Morgan fingerprint density at radius 3 is 2.60 bits per heavy atom. The number of fused-ring (bicyclic) bond motifs is 2. The number of hydrogen-bond acceptors (Lipinski definition) is 2. The Labute approximate surface area is 115 Å². The minimum absolute atomic E-state index is 0.285. The summed E-state index contributed by atoms with van der Waals surface area (Å²) in [6.07, 6.45) is 3.83. The number of carbonyl (C=O) groups is 1. The van der Waals surface area contributed by atoms with E-state index in [4.69, 9.17) is 4.74 Å². The van der Waals surface area contributed by atoms with Gasteiger partial charge in [-0.05, 0) is 18.2 Å². The molecule has 3 nitrogen and oxygen atoms in total. The van der Waals surface area contributed by atoms with Gasteiger partial charge in [0.15, 0.2) is 0 Å². The number of ether oxygens (including phenoxy) is 1. The van der Waals surface area contributed by atoms with Crippen LogP contribution in [0, 0.1) is 0 Å². The SMILES string of the molecule is O=C1O/C(=C/c2c[nH]c3ccccc23)c2ccccc21. The predicted octanol–water partition coefficient (Wildman–Crippen LogP) is 3.84. The minimum atomic E-state index is -0.285. The molecule has 4 rings (SSSR count). The van der Waals surface area contributed by atoms with Gasteiger partial charge in [-0.25, -0.2) is 4.79 Å². The lowest BCUT2D eigenvalue weighted by molar-refractivity contribution is 0.0717. The zero-order valence-electron chi connectivity index (χ0n) is 10.6. The summed E-state index contributed by atoms with van der Waals surface area (Å²) >= 11 is 0. The number of para-hydroxylation sites is 1. The van der Waals surface area contributed by atoms with Gasteiger partial charge in [-0.2, -0.15) is 0 Å². The van der Waals surface area contributed by atoms with E-state index in [1.807, 2.05) is 54.7 Å². The zero-order chi connectivity index (χ0) is 13.5. The van der Waals surface area contributed by atoms with E-state index in [-0.39, 0.29) is 5.97 Å². The molecule has 0 amide bonds. The largest absolute Gasteiger partial charge is 0.422 e. The lowest BCUT2D eigenvalue weighted by Crippen LogP contribution is -1.92. The molecule has 1 aromatic heterocycles. The highest BCUT2D eigenvalue weighted by molar-refractivity contribution is 6.07. The second kappa shape index (κ2) is 4.10. The Hall–Kier alpha value is -2.81. The molecule has 0 radical (unpaired) electrons. The standard InChI is InChI=1S/C17H11NO2/c19-17-14-7-2-1-6-13(14)16(20-17)9-11-10-18-15-8-4-3-5-12(11)15/h1-10,18H/b16-9+. The monoisotopic (exact) mass is 261 g/mol. The average Bonchev–Trinajstić information content (AvgIpc) is 3.03. The Morgan fingerprint density at radius 1 is 0.950 bits per heavy atom. The third kappa shape index (κ3) is 1.57.